The Hall–Kier alpha value is -1.88. The third-order valence-electron chi connectivity index (χ3n) is 3.68. The molecule has 2 unspecified atom stereocenters. The van der Waals surface area contributed by atoms with Crippen LogP contribution in [0.1, 0.15) is 29.3 Å². The number of nitrogens with one attached hydrogen (secondary N) is 2. The number of hydrogen-bond donors (Lipinski definition) is 3. The van der Waals surface area contributed by atoms with Crippen LogP contribution in [0, 0.1) is 12.8 Å². The molecule has 1 aromatic rings. The van der Waals surface area contributed by atoms with Crippen molar-refractivity contribution < 1.29 is 14.7 Å². The Labute approximate surface area is 112 Å². The van der Waals surface area contributed by atoms with Crippen LogP contribution in [-0.4, -0.2) is 29.6 Å². The van der Waals surface area contributed by atoms with Crippen molar-refractivity contribution >= 4 is 17.6 Å². The van der Waals surface area contributed by atoms with Crippen LogP contribution in [0.25, 0.3) is 0 Å². The Morgan fingerprint density at radius 3 is 2.74 bits per heavy atom. The Kier molecular flexibility index (Phi) is 3.85. The second-order valence-corrected chi connectivity index (χ2v) is 4.91. The Balaban J connectivity index is 2.17. The first kappa shape index (κ1) is 13.5. The fourth-order valence-electron chi connectivity index (χ4n) is 2.45. The van der Waals surface area contributed by atoms with Crippen molar-refractivity contribution in [1.82, 2.24) is 5.32 Å². The monoisotopic (exact) mass is 262 g/mol. The molecule has 1 aliphatic heterocycles. The van der Waals surface area contributed by atoms with Crippen molar-refractivity contribution in [2.24, 2.45) is 5.92 Å². The number of amides is 1. The molecule has 5 nitrogen and oxygen atoms in total. The highest BCUT2D eigenvalue weighted by Crippen LogP contribution is 2.22. The van der Waals surface area contributed by atoms with E-state index < -0.39 is 5.97 Å². The number of benzene rings is 1. The molecule has 1 aliphatic rings. The molecule has 0 aliphatic carbocycles. The minimum Gasteiger partial charge on any atom is -0.478 e. The summed E-state index contributed by atoms with van der Waals surface area (Å²) in [7, 11) is 0. The van der Waals surface area contributed by atoms with Crippen LogP contribution in [0.3, 0.4) is 0 Å². The van der Waals surface area contributed by atoms with E-state index in [4.69, 9.17) is 5.11 Å². The summed E-state index contributed by atoms with van der Waals surface area (Å²) in [6.45, 7) is 4.53. The van der Waals surface area contributed by atoms with E-state index in [1.165, 1.54) is 6.07 Å². The molecule has 19 heavy (non-hydrogen) atoms. The van der Waals surface area contributed by atoms with E-state index in [1.54, 1.807) is 19.1 Å². The minimum atomic E-state index is -0.982. The van der Waals surface area contributed by atoms with Gasteiger partial charge in [-0.1, -0.05) is 6.07 Å². The van der Waals surface area contributed by atoms with Gasteiger partial charge in [-0.3, -0.25) is 4.79 Å². The number of carboxylic acid groups (broad SMARTS) is 1. The van der Waals surface area contributed by atoms with E-state index in [0.29, 0.717) is 11.3 Å². The van der Waals surface area contributed by atoms with Gasteiger partial charge in [0.05, 0.1) is 11.5 Å². The maximum Gasteiger partial charge on any atom is 0.336 e. The van der Waals surface area contributed by atoms with Crippen molar-refractivity contribution in [2.75, 3.05) is 11.9 Å². The standard InChI is InChI=1S/C14H18N2O3/c1-8-10(14(18)19)4-3-5-12(8)16-13(17)11-6-7-15-9(11)2/h3-5,9,11,15H,6-7H2,1-2H3,(H,16,17)(H,18,19). The summed E-state index contributed by atoms with van der Waals surface area (Å²) < 4.78 is 0. The van der Waals surface area contributed by atoms with Gasteiger partial charge in [0.1, 0.15) is 0 Å². The largest absolute Gasteiger partial charge is 0.478 e. The fourth-order valence-corrected chi connectivity index (χ4v) is 2.45. The zero-order valence-corrected chi connectivity index (χ0v) is 11.1. The van der Waals surface area contributed by atoms with Crippen LogP contribution >= 0.6 is 0 Å². The summed E-state index contributed by atoms with van der Waals surface area (Å²) in [4.78, 5) is 23.2. The molecule has 5 heteroatoms. The molecule has 0 bridgehead atoms. The number of carboxylic acids is 1. The van der Waals surface area contributed by atoms with Crippen molar-refractivity contribution in [2.45, 2.75) is 26.3 Å². The summed E-state index contributed by atoms with van der Waals surface area (Å²) >= 11 is 0. The highest BCUT2D eigenvalue weighted by molar-refractivity contribution is 5.97. The molecule has 0 saturated carbocycles. The fraction of sp³-hybridized carbons (Fsp3) is 0.429. The molecular weight excluding hydrogens is 244 g/mol. The number of carbonyl (C=O) groups is 2. The van der Waals surface area contributed by atoms with Crippen molar-refractivity contribution in [3.05, 3.63) is 29.3 Å². The SMILES string of the molecule is Cc1c(NC(=O)C2CCNC2C)cccc1C(=O)O. The van der Waals surface area contributed by atoms with E-state index in [1.807, 2.05) is 6.92 Å². The van der Waals surface area contributed by atoms with Crippen LogP contribution in [0.15, 0.2) is 18.2 Å². The summed E-state index contributed by atoms with van der Waals surface area (Å²) in [6.07, 6.45) is 0.810. The second-order valence-electron chi connectivity index (χ2n) is 4.91. The first-order valence-corrected chi connectivity index (χ1v) is 6.38. The summed E-state index contributed by atoms with van der Waals surface area (Å²) in [5.41, 5.74) is 1.38. The van der Waals surface area contributed by atoms with Crippen LogP contribution in [0.5, 0.6) is 0 Å². The van der Waals surface area contributed by atoms with Crippen molar-refractivity contribution in [3.8, 4) is 0 Å². The predicted octanol–water partition coefficient (Wildman–Crippen LogP) is 1.63. The average molecular weight is 262 g/mol. The molecule has 1 aromatic carbocycles. The predicted molar refractivity (Wildman–Crippen MR) is 72.3 cm³/mol. The molecular formula is C14H18N2O3. The van der Waals surface area contributed by atoms with Gasteiger partial charge in [0.25, 0.3) is 0 Å². The van der Waals surface area contributed by atoms with Gasteiger partial charge in [-0.05, 0) is 44.5 Å². The van der Waals surface area contributed by atoms with E-state index in [9.17, 15) is 9.59 Å². The van der Waals surface area contributed by atoms with Gasteiger partial charge < -0.3 is 15.7 Å². The molecule has 2 rings (SSSR count). The number of hydrogen-bond acceptors (Lipinski definition) is 3. The summed E-state index contributed by atoms with van der Waals surface area (Å²) in [5, 5.41) is 15.1. The molecule has 0 radical (unpaired) electrons. The number of carbonyl (C=O) groups excluding carboxylic acids is 1. The van der Waals surface area contributed by atoms with E-state index in [2.05, 4.69) is 10.6 Å². The normalized spacial score (nSPS) is 22.2. The van der Waals surface area contributed by atoms with Gasteiger partial charge in [0, 0.05) is 11.7 Å². The van der Waals surface area contributed by atoms with Crippen LogP contribution in [0.2, 0.25) is 0 Å². The second kappa shape index (κ2) is 5.40. The molecule has 2 atom stereocenters. The van der Waals surface area contributed by atoms with Crippen LogP contribution < -0.4 is 10.6 Å². The molecule has 0 aromatic heterocycles. The maximum atomic E-state index is 12.2. The molecule has 1 heterocycles. The lowest BCUT2D eigenvalue weighted by atomic mass is 10.0. The Bertz CT molecular complexity index is 513. The van der Waals surface area contributed by atoms with E-state index >= 15 is 0 Å². The summed E-state index contributed by atoms with van der Waals surface area (Å²) in [6, 6.07) is 5.06. The van der Waals surface area contributed by atoms with Gasteiger partial charge in [-0.25, -0.2) is 4.79 Å². The van der Waals surface area contributed by atoms with Gasteiger partial charge in [-0.15, -0.1) is 0 Å². The zero-order valence-electron chi connectivity index (χ0n) is 11.1. The zero-order chi connectivity index (χ0) is 14.0. The van der Waals surface area contributed by atoms with Crippen LogP contribution in [-0.2, 0) is 4.79 Å². The smallest absolute Gasteiger partial charge is 0.336 e. The number of aromatic carboxylic acids is 1. The lowest BCUT2D eigenvalue weighted by molar-refractivity contribution is -0.120. The van der Waals surface area contributed by atoms with E-state index in [0.717, 1.165) is 13.0 Å². The van der Waals surface area contributed by atoms with Gasteiger partial charge in [-0.2, -0.15) is 0 Å². The third kappa shape index (κ3) is 2.76. The lowest BCUT2D eigenvalue weighted by Crippen LogP contribution is -2.32. The van der Waals surface area contributed by atoms with Gasteiger partial charge in [0.15, 0.2) is 0 Å². The maximum absolute atomic E-state index is 12.2. The molecule has 1 fully saturated rings. The lowest BCUT2D eigenvalue weighted by Gasteiger charge is -2.16. The molecule has 102 valence electrons. The Morgan fingerprint density at radius 2 is 2.16 bits per heavy atom. The Morgan fingerprint density at radius 1 is 1.42 bits per heavy atom. The average Bonchev–Trinajstić information content (AvgIpc) is 2.77. The minimum absolute atomic E-state index is 0.0526. The quantitative estimate of drug-likeness (QED) is 0.773. The first-order valence-electron chi connectivity index (χ1n) is 6.38. The van der Waals surface area contributed by atoms with E-state index in [-0.39, 0.29) is 23.4 Å². The topological polar surface area (TPSA) is 78.4 Å². The van der Waals surface area contributed by atoms with Crippen molar-refractivity contribution in [1.29, 1.82) is 0 Å². The van der Waals surface area contributed by atoms with Crippen molar-refractivity contribution in [3.63, 3.8) is 0 Å². The third-order valence-corrected chi connectivity index (χ3v) is 3.68. The molecule has 3 N–H and O–H groups in total. The molecule has 0 spiro atoms. The molecule has 1 amide bonds. The highest BCUT2D eigenvalue weighted by atomic mass is 16.4. The number of rotatable bonds is 3. The molecule has 1 saturated heterocycles. The van der Waals surface area contributed by atoms with Gasteiger partial charge in [0.2, 0.25) is 5.91 Å². The number of anilines is 1. The van der Waals surface area contributed by atoms with Gasteiger partial charge >= 0.3 is 5.97 Å². The first-order chi connectivity index (χ1) is 9.00. The summed E-state index contributed by atoms with van der Waals surface area (Å²) in [5.74, 6) is -1.10. The van der Waals surface area contributed by atoms with Crippen LogP contribution in [0.4, 0.5) is 5.69 Å². The highest BCUT2D eigenvalue weighted by Gasteiger charge is 2.29.